The molecule has 6 heteroatoms. The highest BCUT2D eigenvalue weighted by atomic mass is 32.1. The summed E-state index contributed by atoms with van der Waals surface area (Å²) in [5.74, 6) is 0.357. The van der Waals surface area contributed by atoms with Crippen molar-refractivity contribution in [3.8, 4) is 0 Å². The molecule has 11 heavy (non-hydrogen) atoms. The topological polar surface area (TPSA) is 69.1 Å². The standard InChI is InChI=1S/C5H7N5S/c1-2-3-9-10-4(6)7-8-5(10)11-3/h2H2,1H3,(H2,6,7). The number of aryl methyl sites for hydroxylation is 1. The van der Waals surface area contributed by atoms with E-state index in [4.69, 9.17) is 5.73 Å². The summed E-state index contributed by atoms with van der Waals surface area (Å²) in [4.78, 5) is 0.763. The predicted octanol–water partition coefficient (Wildman–Crippen LogP) is 0.330. The molecule has 0 spiro atoms. The molecule has 2 rings (SSSR count). The molecule has 0 amide bonds. The van der Waals surface area contributed by atoms with Crippen LogP contribution in [-0.4, -0.2) is 19.8 Å². The average Bonchev–Trinajstić information content (AvgIpc) is 2.53. The number of nitrogens with two attached hydrogens (primary N) is 1. The zero-order valence-electron chi connectivity index (χ0n) is 5.98. The molecule has 0 atom stereocenters. The van der Waals surface area contributed by atoms with E-state index in [0.717, 1.165) is 16.4 Å². The number of fused-ring (bicyclic) bond motifs is 1. The maximum atomic E-state index is 5.48. The second-order valence-electron chi connectivity index (χ2n) is 2.10. The lowest BCUT2D eigenvalue weighted by Crippen LogP contribution is -1.95. The minimum atomic E-state index is 0.357. The number of hydrogen-bond donors (Lipinski definition) is 1. The third kappa shape index (κ3) is 0.864. The van der Waals surface area contributed by atoms with Gasteiger partial charge in [-0.2, -0.15) is 9.61 Å². The van der Waals surface area contributed by atoms with E-state index in [0.29, 0.717) is 5.95 Å². The van der Waals surface area contributed by atoms with E-state index in [1.54, 1.807) is 4.52 Å². The molecule has 2 aromatic heterocycles. The van der Waals surface area contributed by atoms with Crippen molar-refractivity contribution in [2.75, 3.05) is 5.73 Å². The Kier molecular flexibility index (Phi) is 1.28. The molecule has 0 bridgehead atoms. The van der Waals surface area contributed by atoms with Crippen molar-refractivity contribution in [2.24, 2.45) is 0 Å². The maximum absolute atomic E-state index is 5.48. The van der Waals surface area contributed by atoms with Crippen LogP contribution in [0.25, 0.3) is 4.96 Å². The molecule has 2 aromatic rings. The lowest BCUT2D eigenvalue weighted by atomic mass is 10.5. The third-order valence-electron chi connectivity index (χ3n) is 1.36. The van der Waals surface area contributed by atoms with Crippen LogP contribution in [0.1, 0.15) is 11.9 Å². The van der Waals surface area contributed by atoms with Crippen LogP contribution in [0.4, 0.5) is 5.95 Å². The molecular formula is C5H7N5S. The summed E-state index contributed by atoms with van der Waals surface area (Å²) < 4.78 is 1.56. The van der Waals surface area contributed by atoms with Crippen molar-refractivity contribution < 1.29 is 0 Å². The van der Waals surface area contributed by atoms with Crippen molar-refractivity contribution in [3.05, 3.63) is 5.01 Å². The van der Waals surface area contributed by atoms with Gasteiger partial charge in [-0.25, -0.2) is 0 Å². The number of rotatable bonds is 1. The van der Waals surface area contributed by atoms with Crippen molar-refractivity contribution >= 4 is 22.2 Å². The number of hydrogen-bond acceptors (Lipinski definition) is 5. The Hall–Kier alpha value is -1.17. The van der Waals surface area contributed by atoms with Crippen LogP contribution in [0.5, 0.6) is 0 Å². The molecule has 0 aliphatic carbocycles. The largest absolute Gasteiger partial charge is 0.366 e. The van der Waals surface area contributed by atoms with E-state index in [-0.39, 0.29) is 0 Å². The van der Waals surface area contributed by atoms with Gasteiger partial charge in [0.05, 0.1) is 0 Å². The fourth-order valence-electron chi connectivity index (χ4n) is 0.815. The number of anilines is 1. The summed E-state index contributed by atoms with van der Waals surface area (Å²) in [5.41, 5.74) is 5.48. The van der Waals surface area contributed by atoms with Crippen molar-refractivity contribution in [2.45, 2.75) is 13.3 Å². The van der Waals surface area contributed by atoms with Crippen LogP contribution in [0, 0.1) is 0 Å². The number of aromatic nitrogens is 4. The first-order chi connectivity index (χ1) is 5.31. The van der Waals surface area contributed by atoms with Crippen LogP contribution >= 0.6 is 11.3 Å². The van der Waals surface area contributed by atoms with Gasteiger partial charge in [-0.3, -0.25) is 0 Å². The Morgan fingerprint density at radius 2 is 2.36 bits per heavy atom. The summed E-state index contributed by atoms with van der Waals surface area (Å²) in [5, 5.41) is 12.7. The van der Waals surface area contributed by atoms with E-state index in [1.807, 2.05) is 6.92 Å². The first kappa shape index (κ1) is 6.53. The molecule has 5 nitrogen and oxygen atoms in total. The smallest absolute Gasteiger partial charge is 0.244 e. The van der Waals surface area contributed by atoms with Crippen LogP contribution in [0.15, 0.2) is 0 Å². The highest BCUT2D eigenvalue weighted by Crippen LogP contribution is 2.14. The van der Waals surface area contributed by atoms with Crippen LogP contribution in [0.3, 0.4) is 0 Å². The highest BCUT2D eigenvalue weighted by molar-refractivity contribution is 7.16. The molecule has 0 radical (unpaired) electrons. The molecule has 58 valence electrons. The zero-order chi connectivity index (χ0) is 7.84. The van der Waals surface area contributed by atoms with Gasteiger partial charge in [0, 0.05) is 0 Å². The van der Waals surface area contributed by atoms with Crippen molar-refractivity contribution in [3.63, 3.8) is 0 Å². The normalized spacial score (nSPS) is 11.0. The molecule has 0 unspecified atom stereocenters. The SMILES string of the molecule is CCc1nn2c(N)nnc2s1. The highest BCUT2D eigenvalue weighted by Gasteiger charge is 2.06. The molecular weight excluding hydrogens is 162 g/mol. The zero-order valence-corrected chi connectivity index (χ0v) is 6.80. The quantitative estimate of drug-likeness (QED) is 0.668. The maximum Gasteiger partial charge on any atom is 0.244 e. The van der Waals surface area contributed by atoms with Gasteiger partial charge >= 0.3 is 0 Å². The first-order valence-corrected chi connectivity index (χ1v) is 4.09. The van der Waals surface area contributed by atoms with Gasteiger partial charge in [0.15, 0.2) is 0 Å². The Morgan fingerprint density at radius 1 is 1.55 bits per heavy atom. The van der Waals surface area contributed by atoms with E-state index in [2.05, 4.69) is 15.3 Å². The van der Waals surface area contributed by atoms with Crippen LogP contribution in [0.2, 0.25) is 0 Å². The Balaban J connectivity index is 2.70. The second-order valence-corrected chi connectivity index (χ2v) is 3.14. The van der Waals surface area contributed by atoms with E-state index in [9.17, 15) is 0 Å². The second kappa shape index (κ2) is 2.16. The van der Waals surface area contributed by atoms with Gasteiger partial charge < -0.3 is 5.73 Å². The number of nitrogens with zero attached hydrogens (tertiary/aromatic N) is 4. The fraction of sp³-hybridized carbons (Fsp3) is 0.400. The lowest BCUT2D eigenvalue weighted by molar-refractivity contribution is 0.911. The molecule has 0 aromatic carbocycles. The minimum absolute atomic E-state index is 0.357. The van der Waals surface area contributed by atoms with Gasteiger partial charge in [-0.1, -0.05) is 18.3 Å². The molecule has 0 saturated heterocycles. The Labute approximate surface area is 66.9 Å². The molecule has 0 aliphatic heterocycles. The molecule has 2 N–H and O–H groups in total. The monoisotopic (exact) mass is 169 g/mol. The van der Waals surface area contributed by atoms with Crippen molar-refractivity contribution in [1.29, 1.82) is 0 Å². The Morgan fingerprint density at radius 3 is 3.00 bits per heavy atom. The predicted molar refractivity (Wildman–Crippen MR) is 42.4 cm³/mol. The average molecular weight is 169 g/mol. The summed E-state index contributed by atoms with van der Waals surface area (Å²) in [6.45, 7) is 2.04. The van der Waals surface area contributed by atoms with E-state index >= 15 is 0 Å². The van der Waals surface area contributed by atoms with Gasteiger partial charge in [0.1, 0.15) is 5.01 Å². The molecule has 0 aliphatic rings. The van der Waals surface area contributed by atoms with Crippen LogP contribution in [-0.2, 0) is 6.42 Å². The lowest BCUT2D eigenvalue weighted by Gasteiger charge is -1.82. The fourth-order valence-corrected chi connectivity index (χ4v) is 1.59. The van der Waals surface area contributed by atoms with Gasteiger partial charge in [-0.05, 0) is 6.42 Å². The summed E-state index contributed by atoms with van der Waals surface area (Å²) in [6, 6.07) is 0. The summed E-state index contributed by atoms with van der Waals surface area (Å²) >= 11 is 1.52. The van der Waals surface area contributed by atoms with E-state index in [1.165, 1.54) is 11.3 Å². The molecule has 0 saturated carbocycles. The molecule has 0 fully saturated rings. The first-order valence-electron chi connectivity index (χ1n) is 3.28. The number of nitrogen functional groups attached to an aromatic ring is 1. The van der Waals surface area contributed by atoms with Gasteiger partial charge in [0.25, 0.3) is 0 Å². The van der Waals surface area contributed by atoms with Gasteiger partial charge in [-0.15, -0.1) is 10.2 Å². The third-order valence-corrected chi connectivity index (χ3v) is 2.40. The summed E-state index contributed by atoms with van der Waals surface area (Å²) in [6.07, 6.45) is 0.910. The summed E-state index contributed by atoms with van der Waals surface area (Å²) in [7, 11) is 0. The van der Waals surface area contributed by atoms with Gasteiger partial charge in [0.2, 0.25) is 10.9 Å². The van der Waals surface area contributed by atoms with Crippen LogP contribution < -0.4 is 5.73 Å². The molecule has 2 heterocycles. The van der Waals surface area contributed by atoms with Crippen molar-refractivity contribution in [1.82, 2.24) is 19.8 Å². The minimum Gasteiger partial charge on any atom is -0.366 e. The Bertz CT molecular complexity index is 375. The van der Waals surface area contributed by atoms with E-state index < -0.39 is 0 Å².